The largest absolute Gasteiger partial charge is 0.254 e. The van der Waals surface area contributed by atoms with E-state index in [1.807, 2.05) is 72.9 Å². The first-order valence-electron chi connectivity index (χ1n) is 14.6. The average molecular weight is 643 g/mol. The second-order valence-corrected chi connectivity index (χ2v) is 11.7. The predicted molar refractivity (Wildman–Crippen MR) is 185 cm³/mol. The van der Waals surface area contributed by atoms with E-state index in [4.69, 9.17) is 19.9 Å². The fraction of sp³-hybridized carbons (Fsp3) is 0. The van der Waals surface area contributed by atoms with E-state index in [2.05, 4.69) is 93.7 Å². The lowest BCUT2D eigenvalue weighted by Gasteiger charge is -2.11. The average Bonchev–Trinajstić information content (AvgIpc) is 3.11. The molecule has 6 heteroatoms. The SMILES string of the molecule is Brc1cc(-c2ccc3ccc4cccnc4c3n2)cc(-c2nc(-c3ccccc3)nc(-c3ccc(-c4ccccc4)cc3)n2)c1. The Hall–Kier alpha value is -5.59. The first-order valence-corrected chi connectivity index (χ1v) is 15.4. The van der Waals surface area contributed by atoms with E-state index < -0.39 is 0 Å². The van der Waals surface area contributed by atoms with Gasteiger partial charge in [-0.15, -0.1) is 0 Å². The third kappa shape index (κ3) is 5.37. The Bertz CT molecular complexity index is 2320. The fourth-order valence-electron chi connectivity index (χ4n) is 5.54. The molecule has 3 heterocycles. The van der Waals surface area contributed by atoms with E-state index >= 15 is 0 Å². The van der Waals surface area contributed by atoms with E-state index in [0.29, 0.717) is 17.5 Å². The topological polar surface area (TPSA) is 64.5 Å². The van der Waals surface area contributed by atoms with Crippen molar-refractivity contribution >= 4 is 37.7 Å². The van der Waals surface area contributed by atoms with Crippen LogP contribution in [0.3, 0.4) is 0 Å². The van der Waals surface area contributed by atoms with Crippen molar-refractivity contribution in [2.45, 2.75) is 0 Å². The number of fused-ring (bicyclic) bond motifs is 3. The van der Waals surface area contributed by atoms with Gasteiger partial charge in [0, 0.05) is 43.7 Å². The molecule has 0 saturated carbocycles. The minimum atomic E-state index is 0.585. The predicted octanol–water partition coefficient (Wildman–Crippen LogP) is 10.1. The minimum Gasteiger partial charge on any atom is -0.254 e. The highest BCUT2D eigenvalue weighted by Crippen LogP contribution is 2.33. The van der Waals surface area contributed by atoms with Crippen LogP contribution in [0.5, 0.6) is 0 Å². The van der Waals surface area contributed by atoms with Crippen LogP contribution in [0.25, 0.3) is 78.4 Å². The Kier molecular flexibility index (Phi) is 6.89. The first-order chi connectivity index (χ1) is 22.2. The molecule has 8 aromatic rings. The third-order valence-electron chi connectivity index (χ3n) is 7.80. The quantitative estimate of drug-likeness (QED) is 0.175. The molecule has 0 aliphatic rings. The van der Waals surface area contributed by atoms with Crippen molar-refractivity contribution in [3.63, 3.8) is 0 Å². The zero-order valence-corrected chi connectivity index (χ0v) is 25.6. The van der Waals surface area contributed by atoms with Crippen LogP contribution in [0.15, 0.2) is 150 Å². The molecule has 0 atom stereocenters. The summed E-state index contributed by atoms with van der Waals surface area (Å²) in [4.78, 5) is 24.6. The second-order valence-electron chi connectivity index (χ2n) is 10.8. The number of rotatable bonds is 5. The van der Waals surface area contributed by atoms with Crippen LogP contribution in [-0.2, 0) is 0 Å². The van der Waals surface area contributed by atoms with Gasteiger partial charge < -0.3 is 0 Å². The van der Waals surface area contributed by atoms with E-state index in [-0.39, 0.29) is 0 Å². The summed E-state index contributed by atoms with van der Waals surface area (Å²) >= 11 is 3.74. The smallest absolute Gasteiger partial charge is 0.164 e. The lowest BCUT2D eigenvalue weighted by Crippen LogP contribution is -2.00. The number of halogens is 1. The molecule has 0 radical (unpaired) electrons. The molecule has 0 amide bonds. The van der Waals surface area contributed by atoms with Crippen molar-refractivity contribution in [1.82, 2.24) is 24.9 Å². The maximum absolute atomic E-state index is 5.08. The minimum absolute atomic E-state index is 0.585. The highest BCUT2D eigenvalue weighted by atomic mass is 79.9. The van der Waals surface area contributed by atoms with Gasteiger partial charge in [-0.2, -0.15) is 0 Å². The molecule has 212 valence electrons. The Morgan fingerprint density at radius 3 is 1.62 bits per heavy atom. The van der Waals surface area contributed by atoms with Crippen molar-refractivity contribution in [1.29, 1.82) is 0 Å². The zero-order chi connectivity index (χ0) is 30.2. The monoisotopic (exact) mass is 641 g/mol. The van der Waals surface area contributed by atoms with E-state index in [9.17, 15) is 0 Å². The lowest BCUT2D eigenvalue weighted by molar-refractivity contribution is 1.07. The first kappa shape index (κ1) is 27.0. The van der Waals surface area contributed by atoms with E-state index in [1.54, 1.807) is 0 Å². The van der Waals surface area contributed by atoms with Crippen LogP contribution in [0.4, 0.5) is 0 Å². The molecule has 3 aromatic heterocycles. The summed E-state index contributed by atoms with van der Waals surface area (Å²) < 4.78 is 0.906. The van der Waals surface area contributed by atoms with Gasteiger partial charge in [0.15, 0.2) is 17.5 Å². The molecule has 45 heavy (non-hydrogen) atoms. The maximum atomic E-state index is 5.08. The van der Waals surface area contributed by atoms with Crippen LogP contribution in [-0.4, -0.2) is 24.9 Å². The lowest BCUT2D eigenvalue weighted by atomic mass is 10.0. The van der Waals surface area contributed by atoms with Crippen LogP contribution >= 0.6 is 15.9 Å². The van der Waals surface area contributed by atoms with Crippen LogP contribution < -0.4 is 0 Å². The van der Waals surface area contributed by atoms with Gasteiger partial charge in [0.1, 0.15) is 0 Å². The van der Waals surface area contributed by atoms with Crippen LogP contribution in [0.2, 0.25) is 0 Å². The van der Waals surface area contributed by atoms with Gasteiger partial charge in [-0.25, -0.2) is 19.9 Å². The normalized spacial score (nSPS) is 11.2. The molecule has 8 rings (SSSR count). The molecule has 0 N–H and O–H groups in total. The van der Waals surface area contributed by atoms with Gasteiger partial charge in [-0.3, -0.25) is 4.98 Å². The third-order valence-corrected chi connectivity index (χ3v) is 8.26. The summed E-state index contributed by atoms with van der Waals surface area (Å²) in [5.74, 6) is 1.81. The number of benzene rings is 5. The molecule has 0 unspecified atom stereocenters. The second kappa shape index (κ2) is 11.5. The van der Waals surface area contributed by atoms with Crippen molar-refractivity contribution < 1.29 is 0 Å². The number of aromatic nitrogens is 5. The van der Waals surface area contributed by atoms with Gasteiger partial charge >= 0.3 is 0 Å². The molecule has 0 aliphatic heterocycles. The van der Waals surface area contributed by atoms with Crippen molar-refractivity contribution in [3.05, 3.63) is 150 Å². The molecule has 0 saturated heterocycles. The Balaban J connectivity index is 1.25. The highest BCUT2D eigenvalue weighted by molar-refractivity contribution is 9.10. The van der Waals surface area contributed by atoms with Crippen LogP contribution in [0.1, 0.15) is 0 Å². The van der Waals surface area contributed by atoms with Gasteiger partial charge in [-0.1, -0.05) is 125 Å². The van der Waals surface area contributed by atoms with Crippen molar-refractivity contribution in [2.75, 3.05) is 0 Å². The molecular formula is C39H24BrN5. The van der Waals surface area contributed by atoms with Gasteiger partial charge in [-0.05, 0) is 41.5 Å². The van der Waals surface area contributed by atoms with Crippen molar-refractivity contribution in [2.24, 2.45) is 0 Å². The number of hydrogen-bond acceptors (Lipinski definition) is 5. The summed E-state index contributed by atoms with van der Waals surface area (Å²) in [5.41, 5.74) is 8.56. The molecule has 5 aromatic carbocycles. The summed E-state index contributed by atoms with van der Waals surface area (Å²) in [7, 11) is 0. The number of hydrogen-bond donors (Lipinski definition) is 0. The van der Waals surface area contributed by atoms with Gasteiger partial charge in [0.05, 0.1) is 16.7 Å². The van der Waals surface area contributed by atoms with E-state index in [1.165, 1.54) is 0 Å². The number of pyridine rings is 2. The Morgan fingerprint density at radius 2 is 0.911 bits per heavy atom. The zero-order valence-electron chi connectivity index (χ0n) is 24.0. The van der Waals surface area contributed by atoms with Crippen LogP contribution in [0, 0.1) is 0 Å². The molecule has 0 bridgehead atoms. The fourth-order valence-corrected chi connectivity index (χ4v) is 6.04. The summed E-state index contributed by atoms with van der Waals surface area (Å²) in [6.07, 6.45) is 1.81. The van der Waals surface area contributed by atoms with E-state index in [0.717, 1.165) is 65.4 Å². The van der Waals surface area contributed by atoms with Crippen molar-refractivity contribution in [3.8, 4) is 56.5 Å². The summed E-state index contributed by atoms with van der Waals surface area (Å²) in [6, 6.07) is 47.2. The molecular weight excluding hydrogens is 618 g/mol. The number of nitrogens with zero attached hydrogens (tertiary/aromatic N) is 5. The van der Waals surface area contributed by atoms with Gasteiger partial charge in [0.2, 0.25) is 0 Å². The molecule has 0 fully saturated rings. The molecule has 0 spiro atoms. The summed E-state index contributed by atoms with van der Waals surface area (Å²) in [5, 5.41) is 2.11. The van der Waals surface area contributed by atoms with Gasteiger partial charge in [0.25, 0.3) is 0 Å². The summed E-state index contributed by atoms with van der Waals surface area (Å²) in [6.45, 7) is 0. The Labute approximate surface area is 268 Å². The molecule has 5 nitrogen and oxygen atoms in total. The maximum Gasteiger partial charge on any atom is 0.164 e. The standard InChI is InChI=1S/C39H24BrN5/c40-33-23-31(34-20-19-28-16-15-27-12-7-21-41-35(27)36(28)42-34)22-32(24-33)39-44-37(29-10-5-2-6-11-29)43-38(45-39)30-17-13-26(14-18-30)25-8-3-1-4-9-25/h1-24H. The highest BCUT2D eigenvalue weighted by Gasteiger charge is 2.15. The Morgan fingerprint density at radius 1 is 0.378 bits per heavy atom. The molecule has 0 aliphatic carbocycles.